The first-order valence-corrected chi connectivity index (χ1v) is 15.1. The van der Waals surface area contributed by atoms with Gasteiger partial charge in [0.15, 0.2) is 0 Å². The van der Waals surface area contributed by atoms with Crippen LogP contribution in [0.15, 0.2) is 58.0 Å². The maximum atomic E-state index is 10.7. The fourth-order valence-corrected chi connectivity index (χ4v) is 6.32. The molecule has 0 aromatic carbocycles. The molecule has 2 aliphatic rings. The van der Waals surface area contributed by atoms with E-state index in [0.717, 1.165) is 34.4 Å². The number of thioether (sulfide) groups is 2. The molecule has 174 valence electrons. The fraction of sp³-hybridized carbons (Fsp3) is 0.500. The van der Waals surface area contributed by atoms with E-state index in [2.05, 4.69) is 4.90 Å². The zero-order chi connectivity index (χ0) is 22.7. The van der Waals surface area contributed by atoms with E-state index in [4.69, 9.17) is 0 Å². The Hall–Kier alpha value is 0.0200. The van der Waals surface area contributed by atoms with Crippen molar-refractivity contribution in [3.8, 4) is 0 Å². The SMILES string of the molecule is O=S(=O)([O-])CCCC1=C(/C=C/C=C/C=C/C=C2\SCCN2CCCS(=O)(=O)[O-])SCC1.[Na+]. The molecule has 0 N–H and O–H groups in total. The number of nitrogens with zero attached hydrogens (tertiary/aromatic N) is 1. The molecule has 32 heavy (non-hydrogen) atoms. The third-order valence-electron chi connectivity index (χ3n) is 4.56. The van der Waals surface area contributed by atoms with Gasteiger partial charge in [0.1, 0.15) is 0 Å². The van der Waals surface area contributed by atoms with E-state index in [1.807, 2.05) is 42.5 Å². The average molecular weight is 529 g/mol. The molecule has 0 amide bonds. The first-order valence-electron chi connectivity index (χ1n) is 9.95. The maximum absolute atomic E-state index is 10.7. The quantitative estimate of drug-likeness (QED) is 0.199. The monoisotopic (exact) mass is 528 g/mol. The summed E-state index contributed by atoms with van der Waals surface area (Å²) in [4.78, 5) is 3.24. The first kappa shape index (κ1) is 30.1. The summed E-state index contributed by atoms with van der Waals surface area (Å²) in [6.45, 7) is 1.40. The van der Waals surface area contributed by atoms with Crippen LogP contribution in [-0.4, -0.2) is 66.9 Å². The summed E-state index contributed by atoms with van der Waals surface area (Å²) in [6.07, 6.45) is 15.9. The van der Waals surface area contributed by atoms with Crippen molar-refractivity contribution in [1.29, 1.82) is 0 Å². The van der Waals surface area contributed by atoms with Crippen molar-refractivity contribution in [2.45, 2.75) is 25.7 Å². The molecule has 0 aromatic heterocycles. The van der Waals surface area contributed by atoms with Crippen molar-refractivity contribution >= 4 is 43.8 Å². The Morgan fingerprint density at radius 3 is 2.25 bits per heavy atom. The van der Waals surface area contributed by atoms with Gasteiger partial charge >= 0.3 is 29.6 Å². The predicted octanol–water partition coefficient (Wildman–Crippen LogP) is 0.201. The molecule has 12 heteroatoms. The number of hydrogen-bond acceptors (Lipinski definition) is 9. The van der Waals surface area contributed by atoms with Crippen molar-refractivity contribution in [3.05, 3.63) is 58.0 Å². The van der Waals surface area contributed by atoms with Crippen molar-refractivity contribution in [3.63, 3.8) is 0 Å². The Kier molecular flexibility index (Phi) is 14.2. The number of allylic oxidation sites excluding steroid dienone is 8. The van der Waals surface area contributed by atoms with E-state index in [-0.39, 0.29) is 41.1 Å². The molecular weight excluding hydrogens is 501 g/mol. The summed E-state index contributed by atoms with van der Waals surface area (Å²) < 4.78 is 64.3. The molecule has 0 radical (unpaired) electrons. The van der Waals surface area contributed by atoms with Crippen LogP contribution in [0.1, 0.15) is 25.7 Å². The van der Waals surface area contributed by atoms with Gasteiger partial charge in [0.25, 0.3) is 0 Å². The van der Waals surface area contributed by atoms with E-state index >= 15 is 0 Å². The second-order valence-corrected chi connectivity index (χ2v) is 12.3. The summed E-state index contributed by atoms with van der Waals surface area (Å²) in [7, 11) is -8.30. The largest absolute Gasteiger partial charge is 1.00 e. The van der Waals surface area contributed by atoms with Crippen LogP contribution in [-0.2, 0) is 20.2 Å². The van der Waals surface area contributed by atoms with E-state index in [1.165, 1.54) is 5.57 Å². The smallest absolute Gasteiger partial charge is 0.748 e. The molecule has 2 aliphatic heterocycles. The molecular formula is C20H27NNaO6S4-. The van der Waals surface area contributed by atoms with Gasteiger partial charge < -0.3 is 14.0 Å². The zero-order valence-electron chi connectivity index (χ0n) is 18.1. The van der Waals surface area contributed by atoms with Crippen molar-refractivity contribution in [2.75, 3.05) is 36.1 Å². The Balaban J connectivity index is 0.00000512. The van der Waals surface area contributed by atoms with Gasteiger partial charge in [0.2, 0.25) is 0 Å². The maximum Gasteiger partial charge on any atom is 1.00 e. The van der Waals surface area contributed by atoms with Gasteiger partial charge in [0.05, 0.1) is 25.3 Å². The molecule has 1 saturated heterocycles. The van der Waals surface area contributed by atoms with Gasteiger partial charge in [-0.3, -0.25) is 0 Å². The zero-order valence-corrected chi connectivity index (χ0v) is 23.4. The van der Waals surface area contributed by atoms with Crippen molar-refractivity contribution in [2.24, 2.45) is 0 Å². The molecule has 0 bridgehead atoms. The van der Waals surface area contributed by atoms with Crippen molar-refractivity contribution < 1.29 is 55.5 Å². The molecule has 2 rings (SSSR count). The van der Waals surface area contributed by atoms with Gasteiger partial charge in [-0.2, -0.15) is 0 Å². The third-order valence-corrected chi connectivity index (χ3v) is 8.36. The van der Waals surface area contributed by atoms with Gasteiger partial charge in [0, 0.05) is 41.0 Å². The molecule has 0 atom stereocenters. The number of hydrogen-bond donors (Lipinski definition) is 0. The van der Waals surface area contributed by atoms with E-state index in [0.29, 0.717) is 25.8 Å². The minimum absolute atomic E-state index is 0. The minimum Gasteiger partial charge on any atom is -0.748 e. The molecule has 0 aliphatic carbocycles. The second-order valence-electron chi connectivity index (χ2n) is 7.02. The van der Waals surface area contributed by atoms with Crippen LogP contribution in [0.4, 0.5) is 0 Å². The Morgan fingerprint density at radius 2 is 1.53 bits per heavy atom. The number of rotatable bonds is 12. The van der Waals surface area contributed by atoms with Gasteiger partial charge in [-0.1, -0.05) is 36.0 Å². The summed E-state index contributed by atoms with van der Waals surface area (Å²) >= 11 is 3.45. The molecule has 0 saturated carbocycles. The van der Waals surface area contributed by atoms with Crippen LogP contribution in [0.5, 0.6) is 0 Å². The molecule has 0 unspecified atom stereocenters. The summed E-state index contributed by atoms with van der Waals surface area (Å²) in [6, 6.07) is 0. The van der Waals surface area contributed by atoms with Gasteiger partial charge in [-0.05, 0) is 37.8 Å². The van der Waals surface area contributed by atoms with E-state index in [9.17, 15) is 25.9 Å². The predicted molar refractivity (Wildman–Crippen MR) is 127 cm³/mol. The molecule has 0 aromatic rings. The van der Waals surface area contributed by atoms with Crippen LogP contribution >= 0.6 is 23.5 Å². The summed E-state index contributed by atoms with van der Waals surface area (Å²) in [5.41, 5.74) is 1.21. The van der Waals surface area contributed by atoms with Gasteiger partial charge in [-0.25, -0.2) is 16.8 Å². The van der Waals surface area contributed by atoms with Crippen molar-refractivity contribution in [1.82, 2.24) is 4.90 Å². The Morgan fingerprint density at radius 1 is 0.875 bits per heavy atom. The third kappa shape index (κ3) is 13.0. The van der Waals surface area contributed by atoms with E-state index in [1.54, 1.807) is 23.5 Å². The average Bonchev–Trinajstić information content (AvgIpc) is 3.28. The van der Waals surface area contributed by atoms with Crippen LogP contribution < -0.4 is 29.6 Å². The Labute approximate surface area is 222 Å². The fourth-order valence-electron chi connectivity index (χ4n) is 3.13. The first-order chi connectivity index (χ1) is 14.6. The second kappa shape index (κ2) is 15.1. The Bertz CT molecular complexity index is 968. The standard InChI is InChI=1S/C20H29NO6S4.Na/c22-30(23,24)16-6-8-18-11-14-28-19(18)9-4-2-1-3-5-10-20-21(13-15-29-20)12-7-17-31(25,26)27;/h1-5,9-10H,6-8,11-17H2,(H,22,23,24)(H,25,26,27);/q;+1/p-2/b2-1+,5-3+,9-4+,20-10-;. The molecule has 1 fully saturated rings. The van der Waals surface area contributed by atoms with Crippen LogP contribution in [0.25, 0.3) is 0 Å². The van der Waals surface area contributed by atoms with Gasteiger partial charge in [-0.15, -0.1) is 23.5 Å². The van der Waals surface area contributed by atoms with E-state index < -0.39 is 20.2 Å². The normalized spacial score (nSPS) is 19.3. The summed E-state index contributed by atoms with van der Waals surface area (Å²) in [5.74, 6) is 1.27. The molecule has 7 nitrogen and oxygen atoms in total. The molecule has 2 heterocycles. The topological polar surface area (TPSA) is 118 Å². The van der Waals surface area contributed by atoms with Crippen LogP contribution in [0.3, 0.4) is 0 Å². The van der Waals surface area contributed by atoms with Crippen LogP contribution in [0, 0.1) is 0 Å². The summed E-state index contributed by atoms with van der Waals surface area (Å²) in [5, 5.41) is 1.07. The molecule has 0 spiro atoms. The minimum atomic E-state index is -4.16. The van der Waals surface area contributed by atoms with Crippen LogP contribution in [0.2, 0.25) is 0 Å².